The highest BCUT2D eigenvalue weighted by Crippen LogP contribution is 2.30. The summed E-state index contributed by atoms with van der Waals surface area (Å²) >= 11 is 0. The van der Waals surface area contributed by atoms with Gasteiger partial charge in [-0.1, -0.05) is 60.7 Å². The Kier molecular flexibility index (Phi) is 4.99. The van der Waals surface area contributed by atoms with E-state index in [1.807, 2.05) is 59.6 Å². The quantitative estimate of drug-likeness (QED) is 0.714. The van der Waals surface area contributed by atoms with Gasteiger partial charge in [0.2, 0.25) is 5.91 Å². The van der Waals surface area contributed by atoms with Crippen LogP contribution in [-0.2, 0) is 4.79 Å². The van der Waals surface area contributed by atoms with Crippen LogP contribution in [0.25, 0.3) is 10.9 Å². The van der Waals surface area contributed by atoms with E-state index < -0.39 is 0 Å². The van der Waals surface area contributed by atoms with Gasteiger partial charge in [-0.15, -0.1) is 0 Å². The first-order valence-corrected chi connectivity index (χ1v) is 9.32. The highest BCUT2D eigenvalue weighted by molar-refractivity contribution is 5.80. The van der Waals surface area contributed by atoms with E-state index >= 15 is 0 Å². The molecule has 4 heteroatoms. The molecule has 136 valence electrons. The van der Waals surface area contributed by atoms with Gasteiger partial charge in [0.05, 0.1) is 11.6 Å². The Hall–Kier alpha value is -2.98. The van der Waals surface area contributed by atoms with E-state index in [0.717, 1.165) is 28.5 Å². The minimum atomic E-state index is -0.292. The molecule has 4 rings (SSSR count). The number of aromatic nitrogens is 1. The molecule has 1 aromatic heterocycles. The lowest BCUT2D eigenvalue weighted by atomic mass is 9.97. The Labute approximate surface area is 159 Å². The van der Waals surface area contributed by atoms with Crippen LogP contribution in [0.2, 0.25) is 0 Å². The molecule has 1 aliphatic heterocycles. The predicted molar refractivity (Wildman–Crippen MR) is 108 cm³/mol. The molecule has 0 saturated carbocycles. The number of benzene rings is 2. The van der Waals surface area contributed by atoms with Gasteiger partial charge >= 0.3 is 0 Å². The molecule has 27 heavy (non-hydrogen) atoms. The van der Waals surface area contributed by atoms with Crippen LogP contribution in [0.3, 0.4) is 0 Å². The Bertz CT molecular complexity index is 968. The third-order valence-corrected chi connectivity index (χ3v) is 5.14. The summed E-state index contributed by atoms with van der Waals surface area (Å²) in [5.41, 5.74) is 9.31. The first kappa shape index (κ1) is 17.4. The molecule has 2 N–H and O–H groups in total. The largest absolute Gasteiger partial charge is 0.332 e. The van der Waals surface area contributed by atoms with E-state index in [-0.39, 0.29) is 18.0 Å². The molecule has 1 amide bonds. The van der Waals surface area contributed by atoms with Gasteiger partial charge in [-0.05, 0) is 29.7 Å². The smallest absolute Gasteiger partial charge is 0.225 e. The topological polar surface area (TPSA) is 59.2 Å². The van der Waals surface area contributed by atoms with E-state index in [0.29, 0.717) is 13.0 Å². The molecule has 0 saturated heterocycles. The summed E-state index contributed by atoms with van der Waals surface area (Å²) < 4.78 is 0. The van der Waals surface area contributed by atoms with Gasteiger partial charge in [0.25, 0.3) is 0 Å². The van der Waals surface area contributed by atoms with Crippen LogP contribution < -0.4 is 5.73 Å². The zero-order valence-corrected chi connectivity index (χ0v) is 15.2. The van der Waals surface area contributed by atoms with Crippen molar-refractivity contribution in [1.29, 1.82) is 0 Å². The van der Waals surface area contributed by atoms with Crippen LogP contribution in [0.4, 0.5) is 0 Å². The Morgan fingerprint density at radius 2 is 1.89 bits per heavy atom. The van der Waals surface area contributed by atoms with Gasteiger partial charge in [-0.2, -0.15) is 0 Å². The first-order valence-electron chi connectivity index (χ1n) is 9.32. The molecule has 0 spiro atoms. The van der Waals surface area contributed by atoms with Crippen LogP contribution in [0.5, 0.6) is 0 Å². The molecular formula is C23H23N3O. The number of rotatable bonds is 4. The number of amides is 1. The summed E-state index contributed by atoms with van der Waals surface area (Å²) in [5, 5.41) is 1.10. The molecule has 1 aliphatic rings. The normalized spacial score (nSPS) is 17.8. The Morgan fingerprint density at radius 1 is 1.11 bits per heavy atom. The van der Waals surface area contributed by atoms with Crippen LogP contribution in [0.1, 0.15) is 36.1 Å². The molecule has 0 radical (unpaired) electrons. The van der Waals surface area contributed by atoms with Crippen molar-refractivity contribution in [3.8, 4) is 0 Å². The van der Waals surface area contributed by atoms with Crippen LogP contribution in [0.15, 0.2) is 79.0 Å². The highest BCUT2D eigenvalue weighted by atomic mass is 16.2. The summed E-state index contributed by atoms with van der Waals surface area (Å²) in [6, 6.07) is 19.7. The summed E-state index contributed by atoms with van der Waals surface area (Å²) in [6.07, 6.45) is 7.18. The summed E-state index contributed by atoms with van der Waals surface area (Å²) in [6.45, 7) is 0.609. The second-order valence-corrected chi connectivity index (χ2v) is 6.95. The maximum Gasteiger partial charge on any atom is 0.225 e. The van der Waals surface area contributed by atoms with E-state index in [1.54, 1.807) is 0 Å². The molecule has 3 aromatic rings. The molecule has 0 bridgehead atoms. The number of nitrogens with zero attached hydrogens (tertiary/aromatic N) is 2. The van der Waals surface area contributed by atoms with E-state index in [1.165, 1.54) is 0 Å². The van der Waals surface area contributed by atoms with E-state index in [2.05, 4.69) is 29.3 Å². The van der Waals surface area contributed by atoms with Crippen LogP contribution in [-0.4, -0.2) is 22.3 Å². The van der Waals surface area contributed by atoms with Crippen LogP contribution in [0, 0.1) is 0 Å². The number of para-hydroxylation sites is 1. The maximum absolute atomic E-state index is 13.0. The molecule has 0 aliphatic carbocycles. The summed E-state index contributed by atoms with van der Waals surface area (Å²) in [4.78, 5) is 19.5. The number of fused-ring (bicyclic) bond motifs is 1. The standard InChI is InChI=1S/C23H23N3O/c24-20(17-8-2-1-3-9-17)15-23(27)26-13-7-6-12-22(26)19-14-18-10-4-5-11-21(18)25-16-19/h1-11,14,16,20,22H,12-13,15,24H2. The fourth-order valence-electron chi connectivity index (χ4n) is 3.65. The van der Waals surface area contributed by atoms with Gasteiger partial charge in [0.15, 0.2) is 0 Å². The summed E-state index contributed by atoms with van der Waals surface area (Å²) in [7, 11) is 0. The maximum atomic E-state index is 13.0. The summed E-state index contributed by atoms with van der Waals surface area (Å²) in [5.74, 6) is 0.0776. The van der Waals surface area contributed by atoms with Crippen molar-refractivity contribution in [2.45, 2.75) is 24.9 Å². The molecule has 2 atom stereocenters. The van der Waals surface area contributed by atoms with Gasteiger partial charge in [-0.25, -0.2) is 0 Å². The average Bonchev–Trinajstić information content (AvgIpc) is 2.74. The number of carbonyl (C=O) groups is 1. The second-order valence-electron chi connectivity index (χ2n) is 6.95. The van der Waals surface area contributed by atoms with Crippen molar-refractivity contribution < 1.29 is 4.79 Å². The number of pyridine rings is 1. The van der Waals surface area contributed by atoms with Crippen molar-refractivity contribution in [2.75, 3.05) is 6.54 Å². The van der Waals surface area contributed by atoms with Gasteiger partial charge in [0, 0.05) is 30.6 Å². The van der Waals surface area contributed by atoms with Crippen molar-refractivity contribution in [1.82, 2.24) is 9.88 Å². The van der Waals surface area contributed by atoms with Crippen molar-refractivity contribution >= 4 is 16.8 Å². The average molecular weight is 357 g/mol. The highest BCUT2D eigenvalue weighted by Gasteiger charge is 2.27. The van der Waals surface area contributed by atoms with Gasteiger partial charge in [0.1, 0.15) is 0 Å². The third-order valence-electron chi connectivity index (χ3n) is 5.14. The van der Waals surface area contributed by atoms with Crippen LogP contribution >= 0.6 is 0 Å². The monoisotopic (exact) mass is 357 g/mol. The second kappa shape index (κ2) is 7.72. The number of carbonyl (C=O) groups excluding carboxylic acids is 1. The molecule has 2 unspecified atom stereocenters. The number of hydrogen-bond donors (Lipinski definition) is 1. The molecule has 2 aromatic carbocycles. The van der Waals surface area contributed by atoms with E-state index in [4.69, 9.17) is 5.73 Å². The SMILES string of the molecule is NC(CC(=O)N1CC=CCC1c1cnc2ccccc2c1)c1ccccc1. The lowest BCUT2D eigenvalue weighted by molar-refractivity contribution is -0.133. The zero-order valence-electron chi connectivity index (χ0n) is 15.2. The van der Waals surface area contributed by atoms with Gasteiger partial charge < -0.3 is 10.6 Å². The Morgan fingerprint density at radius 3 is 2.74 bits per heavy atom. The minimum absolute atomic E-state index is 0.00239. The number of hydrogen-bond acceptors (Lipinski definition) is 3. The zero-order chi connectivity index (χ0) is 18.6. The molecule has 2 heterocycles. The van der Waals surface area contributed by atoms with Crippen molar-refractivity contribution in [3.63, 3.8) is 0 Å². The van der Waals surface area contributed by atoms with Gasteiger partial charge in [-0.3, -0.25) is 9.78 Å². The first-order chi connectivity index (χ1) is 13.2. The van der Waals surface area contributed by atoms with Crippen molar-refractivity contribution in [2.24, 2.45) is 5.73 Å². The predicted octanol–water partition coefficient (Wildman–Crippen LogP) is 4.15. The number of nitrogens with two attached hydrogens (primary N) is 1. The Balaban J connectivity index is 1.56. The molecule has 4 nitrogen and oxygen atoms in total. The fraction of sp³-hybridized carbons (Fsp3) is 0.217. The molecular weight excluding hydrogens is 334 g/mol. The minimum Gasteiger partial charge on any atom is -0.332 e. The molecule has 0 fully saturated rings. The lowest BCUT2D eigenvalue weighted by Crippen LogP contribution is -2.38. The third kappa shape index (κ3) is 3.76. The van der Waals surface area contributed by atoms with E-state index in [9.17, 15) is 4.79 Å². The van der Waals surface area contributed by atoms with Crippen molar-refractivity contribution in [3.05, 3.63) is 90.1 Å². The lowest BCUT2D eigenvalue weighted by Gasteiger charge is -2.34. The fourth-order valence-corrected chi connectivity index (χ4v) is 3.65.